The normalized spacial score (nSPS) is 11.1. The minimum atomic E-state index is 0.359. The van der Waals surface area contributed by atoms with Crippen LogP contribution in [0.1, 0.15) is 64.2 Å². The molecule has 0 rings (SSSR count). The highest BCUT2D eigenvalue weighted by Gasteiger charge is 1.91. The monoisotopic (exact) mass is 224 g/mol. The van der Waals surface area contributed by atoms with Gasteiger partial charge in [-0.05, 0) is 19.3 Å². The summed E-state index contributed by atoms with van der Waals surface area (Å²) in [5, 5.41) is 8.62. The van der Waals surface area contributed by atoms with Gasteiger partial charge in [0.15, 0.2) is 0 Å². The van der Waals surface area contributed by atoms with Crippen LogP contribution in [0.25, 0.3) is 0 Å². The first-order valence-corrected chi connectivity index (χ1v) is 6.80. The summed E-state index contributed by atoms with van der Waals surface area (Å²) in [7, 11) is 0. The van der Waals surface area contributed by atoms with E-state index in [1.54, 1.807) is 0 Å². The molecule has 1 N–H and O–H groups in total. The Morgan fingerprint density at radius 2 is 1.25 bits per heavy atom. The average molecular weight is 224 g/mol. The lowest BCUT2D eigenvalue weighted by Crippen LogP contribution is -1.84. The molecule has 1 nitrogen and oxygen atoms in total. The number of unbranched alkanes of at least 4 members (excludes halogenated alkanes) is 9. The van der Waals surface area contributed by atoms with Gasteiger partial charge < -0.3 is 5.11 Å². The molecule has 0 radical (unpaired) electrons. The molecule has 94 valence electrons. The van der Waals surface area contributed by atoms with Crippen molar-refractivity contribution in [3.05, 3.63) is 24.8 Å². The third kappa shape index (κ3) is 13.4. The number of hydrogen-bond donors (Lipinski definition) is 1. The molecule has 0 unspecified atom stereocenters. The highest BCUT2D eigenvalue weighted by molar-refractivity contribution is 4.96. The van der Waals surface area contributed by atoms with Crippen LogP contribution in [-0.2, 0) is 0 Å². The van der Waals surface area contributed by atoms with Gasteiger partial charge in [-0.3, -0.25) is 0 Å². The fourth-order valence-corrected chi connectivity index (χ4v) is 1.80. The highest BCUT2D eigenvalue weighted by atomic mass is 16.2. The molecule has 0 aliphatic heterocycles. The van der Waals surface area contributed by atoms with Gasteiger partial charge in [-0.25, -0.2) is 0 Å². The zero-order valence-electron chi connectivity index (χ0n) is 10.7. The molecule has 0 atom stereocenters. The van der Waals surface area contributed by atoms with Crippen LogP contribution in [0.15, 0.2) is 24.8 Å². The fraction of sp³-hybridized carbons (Fsp3) is 0.733. The zero-order chi connectivity index (χ0) is 11.9. The molecule has 0 spiro atoms. The van der Waals surface area contributed by atoms with E-state index < -0.39 is 0 Å². The Kier molecular flexibility index (Phi) is 13.9. The summed E-state index contributed by atoms with van der Waals surface area (Å²) in [5.41, 5.74) is 0. The van der Waals surface area contributed by atoms with Gasteiger partial charge in [0.25, 0.3) is 0 Å². The molecule has 0 aromatic heterocycles. The Hall–Kier alpha value is -0.560. The van der Waals surface area contributed by atoms with Gasteiger partial charge in [0, 0.05) is 6.61 Å². The summed E-state index contributed by atoms with van der Waals surface area (Å²) in [6.07, 6.45) is 18.9. The summed E-state index contributed by atoms with van der Waals surface area (Å²) < 4.78 is 0. The predicted octanol–water partition coefficient (Wildman–Crippen LogP) is 4.62. The second-order valence-corrected chi connectivity index (χ2v) is 4.36. The van der Waals surface area contributed by atoms with Crippen LogP contribution < -0.4 is 0 Å². The fourth-order valence-electron chi connectivity index (χ4n) is 1.80. The van der Waals surface area contributed by atoms with E-state index in [9.17, 15) is 0 Å². The Morgan fingerprint density at radius 3 is 1.75 bits per heavy atom. The SMILES string of the molecule is C=CC=CCCCCCCCCCCCO. The average Bonchev–Trinajstić information content (AvgIpc) is 2.31. The van der Waals surface area contributed by atoms with E-state index in [1.807, 2.05) is 12.2 Å². The van der Waals surface area contributed by atoms with Crippen molar-refractivity contribution in [1.29, 1.82) is 0 Å². The lowest BCUT2D eigenvalue weighted by Gasteiger charge is -2.00. The molecule has 0 bridgehead atoms. The van der Waals surface area contributed by atoms with Crippen molar-refractivity contribution in [3.63, 3.8) is 0 Å². The van der Waals surface area contributed by atoms with Gasteiger partial charge >= 0.3 is 0 Å². The first-order valence-electron chi connectivity index (χ1n) is 6.80. The third-order valence-corrected chi connectivity index (χ3v) is 2.80. The number of aliphatic hydroxyl groups excluding tert-OH is 1. The third-order valence-electron chi connectivity index (χ3n) is 2.80. The number of aliphatic hydroxyl groups is 1. The Balaban J connectivity index is 2.93. The number of rotatable bonds is 12. The second kappa shape index (κ2) is 14.4. The van der Waals surface area contributed by atoms with E-state index in [2.05, 4.69) is 12.7 Å². The number of hydrogen-bond acceptors (Lipinski definition) is 1. The Bertz CT molecular complexity index is 161. The van der Waals surface area contributed by atoms with E-state index >= 15 is 0 Å². The predicted molar refractivity (Wildman–Crippen MR) is 72.6 cm³/mol. The van der Waals surface area contributed by atoms with Crippen molar-refractivity contribution in [2.24, 2.45) is 0 Å². The van der Waals surface area contributed by atoms with Crippen LogP contribution in [0, 0.1) is 0 Å². The Labute approximate surface area is 101 Å². The lowest BCUT2D eigenvalue weighted by atomic mass is 10.1. The molecule has 0 aliphatic carbocycles. The van der Waals surface area contributed by atoms with E-state index in [0.717, 1.165) is 6.42 Å². The van der Waals surface area contributed by atoms with Gasteiger partial charge in [-0.2, -0.15) is 0 Å². The van der Waals surface area contributed by atoms with Gasteiger partial charge in [-0.1, -0.05) is 69.8 Å². The van der Waals surface area contributed by atoms with Crippen molar-refractivity contribution in [2.75, 3.05) is 6.61 Å². The first kappa shape index (κ1) is 15.4. The molecule has 0 aromatic carbocycles. The van der Waals surface area contributed by atoms with Crippen LogP contribution in [0.4, 0.5) is 0 Å². The summed E-state index contributed by atoms with van der Waals surface area (Å²) >= 11 is 0. The Morgan fingerprint density at radius 1 is 0.750 bits per heavy atom. The van der Waals surface area contributed by atoms with E-state index in [1.165, 1.54) is 57.8 Å². The smallest absolute Gasteiger partial charge is 0.0431 e. The number of allylic oxidation sites excluding steroid dienone is 3. The van der Waals surface area contributed by atoms with Gasteiger partial charge in [-0.15, -0.1) is 0 Å². The maximum absolute atomic E-state index is 8.62. The highest BCUT2D eigenvalue weighted by Crippen LogP contribution is 2.10. The van der Waals surface area contributed by atoms with E-state index in [-0.39, 0.29) is 0 Å². The quantitative estimate of drug-likeness (QED) is 0.379. The molecular formula is C15H28O. The summed E-state index contributed by atoms with van der Waals surface area (Å²) in [4.78, 5) is 0. The maximum Gasteiger partial charge on any atom is 0.0431 e. The molecule has 0 amide bonds. The van der Waals surface area contributed by atoms with Crippen molar-refractivity contribution in [1.82, 2.24) is 0 Å². The molecule has 0 aliphatic rings. The molecule has 0 saturated heterocycles. The van der Waals surface area contributed by atoms with Crippen molar-refractivity contribution < 1.29 is 5.11 Å². The first-order chi connectivity index (χ1) is 7.91. The van der Waals surface area contributed by atoms with E-state index in [0.29, 0.717) is 6.61 Å². The van der Waals surface area contributed by atoms with Crippen LogP contribution in [-0.4, -0.2) is 11.7 Å². The maximum atomic E-state index is 8.62. The largest absolute Gasteiger partial charge is 0.396 e. The second-order valence-electron chi connectivity index (χ2n) is 4.36. The summed E-state index contributed by atoms with van der Waals surface area (Å²) in [6, 6.07) is 0. The van der Waals surface area contributed by atoms with Gasteiger partial charge in [0.1, 0.15) is 0 Å². The van der Waals surface area contributed by atoms with Crippen LogP contribution in [0.2, 0.25) is 0 Å². The summed E-state index contributed by atoms with van der Waals surface area (Å²) in [6.45, 7) is 4.01. The molecule has 0 saturated carbocycles. The van der Waals surface area contributed by atoms with Gasteiger partial charge in [0.2, 0.25) is 0 Å². The minimum absolute atomic E-state index is 0.359. The standard InChI is InChI=1S/C15H28O/c1-2-3-4-5-6-7-8-9-10-11-12-13-14-15-16/h2-4,16H,1,5-15H2. The van der Waals surface area contributed by atoms with Crippen molar-refractivity contribution in [3.8, 4) is 0 Å². The minimum Gasteiger partial charge on any atom is -0.396 e. The van der Waals surface area contributed by atoms with Crippen LogP contribution >= 0.6 is 0 Å². The lowest BCUT2D eigenvalue weighted by molar-refractivity contribution is 0.282. The van der Waals surface area contributed by atoms with E-state index in [4.69, 9.17) is 5.11 Å². The molecule has 0 aromatic rings. The molecule has 1 heteroatoms. The zero-order valence-corrected chi connectivity index (χ0v) is 10.7. The van der Waals surface area contributed by atoms with Crippen LogP contribution in [0.5, 0.6) is 0 Å². The molecule has 0 fully saturated rings. The molecular weight excluding hydrogens is 196 g/mol. The van der Waals surface area contributed by atoms with Crippen molar-refractivity contribution >= 4 is 0 Å². The molecule has 0 heterocycles. The molecule has 16 heavy (non-hydrogen) atoms. The summed E-state index contributed by atoms with van der Waals surface area (Å²) in [5.74, 6) is 0. The topological polar surface area (TPSA) is 20.2 Å². The van der Waals surface area contributed by atoms with Crippen LogP contribution in [0.3, 0.4) is 0 Å². The van der Waals surface area contributed by atoms with Crippen molar-refractivity contribution in [2.45, 2.75) is 64.2 Å². The van der Waals surface area contributed by atoms with Gasteiger partial charge in [0.05, 0.1) is 0 Å².